The first-order valence-electron chi connectivity index (χ1n) is 5.11. The third-order valence-electron chi connectivity index (χ3n) is 2.24. The van der Waals surface area contributed by atoms with Crippen LogP contribution in [-0.2, 0) is 4.79 Å². The van der Waals surface area contributed by atoms with Crippen LogP contribution in [0.25, 0.3) is 0 Å². The molecule has 1 unspecified atom stereocenters. The Morgan fingerprint density at radius 2 is 2.12 bits per heavy atom. The van der Waals surface area contributed by atoms with Crippen molar-refractivity contribution in [1.29, 1.82) is 0 Å². The largest absolute Gasteiger partial charge is 0.350 e. The molecule has 0 aliphatic rings. The van der Waals surface area contributed by atoms with Crippen LogP contribution in [0.3, 0.4) is 0 Å². The minimum Gasteiger partial charge on any atom is -0.350 e. The summed E-state index contributed by atoms with van der Waals surface area (Å²) in [6.45, 7) is 1.96. The number of nitrogens with one attached hydrogen (secondary N) is 1. The Balaban J connectivity index is 2.52. The van der Waals surface area contributed by atoms with Crippen molar-refractivity contribution in [3.05, 3.63) is 34.3 Å². The van der Waals surface area contributed by atoms with E-state index in [1.807, 2.05) is 31.2 Å². The topological polar surface area (TPSA) is 29.1 Å². The molecule has 0 radical (unpaired) electrons. The van der Waals surface area contributed by atoms with Gasteiger partial charge in [-0.25, -0.2) is 0 Å². The average Bonchev–Trinajstić information content (AvgIpc) is 2.27. The predicted octanol–water partition coefficient (Wildman–Crippen LogP) is 3.04. The number of terminal acetylenes is 1. The minimum atomic E-state index is -0.00614. The lowest BCUT2D eigenvalue weighted by atomic mass is 10.1. The highest BCUT2D eigenvalue weighted by Crippen LogP contribution is 2.16. The van der Waals surface area contributed by atoms with Gasteiger partial charge in [-0.05, 0) is 24.6 Å². The fourth-order valence-corrected chi connectivity index (χ4v) is 1.60. The van der Waals surface area contributed by atoms with Gasteiger partial charge in [0.15, 0.2) is 0 Å². The van der Waals surface area contributed by atoms with Gasteiger partial charge in [0, 0.05) is 17.3 Å². The maximum absolute atomic E-state index is 11.4. The van der Waals surface area contributed by atoms with Crippen molar-refractivity contribution in [2.24, 2.45) is 0 Å². The number of hydrogen-bond acceptors (Lipinski definition) is 1. The molecule has 1 aromatic carbocycles. The molecular formula is C13H14BrNO. The second-order valence-electron chi connectivity index (χ2n) is 3.54. The van der Waals surface area contributed by atoms with Crippen molar-refractivity contribution in [2.45, 2.75) is 25.8 Å². The summed E-state index contributed by atoms with van der Waals surface area (Å²) in [5, 5.41) is 2.90. The van der Waals surface area contributed by atoms with Crippen molar-refractivity contribution >= 4 is 21.8 Å². The number of carbonyl (C=O) groups is 1. The summed E-state index contributed by atoms with van der Waals surface area (Å²) < 4.78 is 1.03. The molecule has 0 spiro atoms. The standard InChI is InChI=1S/C13H14BrNO/c1-3-4-5-13(16)15-10(2)11-6-8-12(14)9-7-11/h1,6-10H,4-5H2,2H3,(H,15,16). The molecule has 0 saturated heterocycles. The van der Waals surface area contributed by atoms with Gasteiger partial charge in [-0.15, -0.1) is 12.3 Å². The first kappa shape index (κ1) is 12.8. The van der Waals surface area contributed by atoms with Crippen LogP contribution in [0.15, 0.2) is 28.7 Å². The van der Waals surface area contributed by atoms with E-state index in [4.69, 9.17) is 6.42 Å². The summed E-state index contributed by atoms with van der Waals surface area (Å²) in [6, 6.07) is 7.89. The molecule has 2 nitrogen and oxygen atoms in total. The molecular weight excluding hydrogens is 266 g/mol. The van der Waals surface area contributed by atoms with Gasteiger partial charge in [-0.2, -0.15) is 0 Å². The highest BCUT2D eigenvalue weighted by molar-refractivity contribution is 9.10. The van der Waals surface area contributed by atoms with E-state index >= 15 is 0 Å². The third-order valence-corrected chi connectivity index (χ3v) is 2.77. The lowest BCUT2D eigenvalue weighted by Gasteiger charge is -2.13. The number of hydrogen-bond donors (Lipinski definition) is 1. The second-order valence-corrected chi connectivity index (χ2v) is 4.46. The smallest absolute Gasteiger partial charge is 0.221 e. The molecule has 1 aromatic rings. The number of carbonyl (C=O) groups excluding carboxylic acids is 1. The summed E-state index contributed by atoms with van der Waals surface area (Å²) in [6.07, 6.45) is 5.97. The Morgan fingerprint density at radius 3 is 2.69 bits per heavy atom. The van der Waals surface area contributed by atoms with E-state index in [0.29, 0.717) is 12.8 Å². The normalized spacial score (nSPS) is 11.6. The van der Waals surface area contributed by atoms with Crippen LogP contribution in [0.5, 0.6) is 0 Å². The molecule has 1 N–H and O–H groups in total. The number of rotatable bonds is 4. The maximum Gasteiger partial charge on any atom is 0.221 e. The minimum absolute atomic E-state index is 0.00614. The molecule has 1 amide bonds. The zero-order valence-corrected chi connectivity index (χ0v) is 10.8. The fourth-order valence-electron chi connectivity index (χ4n) is 1.33. The molecule has 1 rings (SSSR count). The van der Waals surface area contributed by atoms with Crippen molar-refractivity contribution in [3.63, 3.8) is 0 Å². The van der Waals surface area contributed by atoms with E-state index in [-0.39, 0.29) is 11.9 Å². The molecule has 0 heterocycles. The lowest BCUT2D eigenvalue weighted by Crippen LogP contribution is -2.26. The lowest BCUT2D eigenvalue weighted by molar-refractivity contribution is -0.121. The Labute approximate surface area is 105 Å². The molecule has 0 bridgehead atoms. The van der Waals surface area contributed by atoms with Crippen molar-refractivity contribution in [3.8, 4) is 12.3 Å². The maximum atomic E-state index is 11.4. The number of amides is 1. The first-order valence-corrected chi connectivity index (χ1v) is 5.91. The third kappa shape index (κ3) is 4.08. The summed E-state index contributed by atoms with van der Waals surface area (Å²) in [5.74, 6) is 2.45. The molecule has 0 aliphatic carbocycles. The molecule has 0 aliphatic heterocycles. The van der Waals surface area contributed by atoms with Gasteiger partial charge in [-0.3, -0.25) is 4.79 Å². The summed E-state index contributed by atoms with van der Waals surface area (Å²) >= 11 is 3.37. The van der Waals surface area contributed by atoms with E-state index in [9.17, 15) is 4.79 Å². The van der Waals surface area contributed by atoms with Gasteiger partial charge in [-0.1, -0.05) is 28.1 Å². The molecule has 0 fully saturated rings. The van der Waals surface area contributed by atoms with E-state index in [1.165, 1.54) is 0 Å². The van der Waals surface area contributed by atoms with Crippen LogP contribution >= 0.6 is 15.9 Å². The van der Waals surface area contributed by atoms with E-state index < -0.39 is 0 Å². The molecule has 0 aromatic heterocycles. The van der Waals surface area contributed by atoms with Gasteiger partial charge >= 0.3 is 0 Å². The predicted molar refractivity (Wildman–Crippen MR) is 68.8 cm³/mol. The zero-order chi connectivity index (χ0) is 12.0. The van der Waals surface area contributed by atoms with E-state index in [1.54, 1.807) is 0 Å². The van der Waals surface area contributed by atoms with Crippen LogP contribution in [0, 0.1) is 12.3 Å². The Bertz CT molecular complexity index is 391. The van der Waals surface area contributed by atoms with Gasteiger partial charge in [0.25, 0.3) is 0 Å². The second kappa shape index (κ2) is 6.34. The van der Waals surface area contributed by atoms with Crippen LogP contribution in [0.4, 0.5) is 0 Å². The molecule has 1 atom stereocenters. The van der Waals surface area contributed by atoms with Gasteiger partial charge in [0.05, 0.1) is 6.04 Å². The monoisotopic (exact) mass is 279 g/mol. The number of benzene rings is 1. The van der Waals surface area contributed by atoms with E-state index in [2.05, 4.69) is 27.2 Å². The first-order chi connectivity index (χ1) is 7.63. The average molecular weight is 280 g/mol. The molecule has 3 heteroatoms. The SMILES string of the molecule is C#CCCC(=O)NC(C)c1ccc(Br)cc1. The quantitative estimate of drug-likeness (QED) is 0.844. The molecule has 16 heavy (non-hydrogen) atoms. The van der Waals surface area contributed by atoms with Gasteiger partial charge in [0.1, 0.15) is 0 Å². The fraction of sp³-hybridized carbons (Fsp3) is 0.308. The molecule has 0 saturated carbocycles. The van der Waals surface area contributed by atoms with Crippen LogP contribution in [0.2, 0.25) is 0 Å². The van der Waals surface area contributed by atoms with Crippen molar-refractivity contribution in [2.75, 3.05) is 0 Å². The highest BCUT2D eigenvalue weighted by Gasteiger charge is 2.08. The summed E-state index contributed by atoms with van der Waals surface area (Å²) in [5.41, 5.74) is 1.08. The summed E-state index contributed by atoms with van der Waals surface area (Å²) in [7, 11) is 0. The van der Waals surface area contributed by atoms with Crippen LogP contribution < -0.4 is 5.32 Å². The van der Waals surface area contributed by atoms with Gasteiger partial charge < -0.3 is 5.32 Å². The van der Waals surface area contributed by atoms with Crippen LogP contribution in [0.1, 0.15) is 31.4 Å². The van der Waals surface area contributed by atoms with Crippen LogP contribution in [-0.4, -0.2) is 5.91 Å². The molecule has 84 valence electrons. The highest BCUT2D eigenvalue weighted by atomic mass is 79.9. The summed E-state index contributed by atoms with van der Waals surface area (Å²) in [4.78, 5) is 11.4. The Kier molecular flexibility index (Phi) is 5.07. The Hall–Kier alpha value is -1.27. The van der Waals surface area contributed by atoms with E-state index in [0.717, 1.165) is 10.0 Å². The Morgan fingerprint density at radius 1 is 1.50 bits per heavy atom. The van der Waals surface area contributed by atoms with Crippen molar-refractivity contribution in [1.82, 2.24) is 5.32 Å². The number of halogens is 1. The van der Waals surface area contributed by atoms with Gasteiger partial charge in [0.2, 0.25) is 5.91 Å². The zero-order valence-electron chi connectivity index (χ0n) is 9.16. The van der Waals surface area contributed by atoms with Crippen molar-refractivity contribution < 1.29 is 4.79 Å².